The lowest BCUT2D eigenvalue weighted by Crippen LogP contribution is -2.23. The number of ether oxygens (including phenoxy) is 1. The molecular weight excluding hydrogens is 374 g/mol. The van der Waals surface area contributed by atoms with Crippen LogP contribution in [0.15, 0.2) is 5.16 Å². The average molecular weight is 396 g/mol. The van der Waals surface area contributed by atoms with E-state index in [1.165, 1.54) is 32.7 Å². The van der Waals surface area contributed by atoms with E-state index in [4.69, 9.17) is 4.74 Å². The third-order valence-corrected chi connectivity index (χ3v) is 6.45. The predicted octanol–water partition coefficient (Wildman–Crippen LogP) is 2.45. The lowest BCUT2D eigenvalue weighted by Gasteiger charge is -2.13. The third kappa shape index (κ3) is 3.90. The topological polar surface area (TPSA) is 99.0 Å². The molecule has 1 N–H and O–H groups in total. The quantitative estimate of drug-likeness (QED) is 0.592. The fourth-order valence-electron chi connectivity index (χ4n) is 2.82. The highest BCUT2D eigenvalue weighted by Gasteiger charge is 2.28. The molecule has 1 aliphatic rings. The van der Waals surface area contributed by atoms with Gasteiger partial charge in [0.1, 0.15) is 5.00 Å². The van der Waals surface area contributed by atoms with Gasteiger partial charge in [-0.2, -0.15) is 0 Å². The standard InChI is InChI=1S/C16H21N5O3S2/c1-4-24-15(23)12-10-7-5-6-8-11(10)26-14(12)17-13(22)9(2)25-16-18-19-20-21(16)3/h9H,4-8H2,1-3H3,(H,17,22)/t9-/m0/s1. The molecule has 0 unspecified atom stereocenters. The first-order chi connectivity index (χ1) is 12.5. The van der Waals surface area contributed by atoms with E-state index in [-0.39, 0.29) is 11.9 Å². The van der Waals surface area contributed by atoms with Crippen molar-refractivity contribution in [1.29, 1.82) is 0 Å². The summed E-state index contributed by atoms with van der Waals surface area (Å²) >= 11 is 2.75. The summed E-state index contributed by atoms with van der Waals surface area (Å²) in [5, 5.41) is 14.9. The Hall–Kier alpha value is -1.94. The minimum absolute atomic E-state index is 0.192. The Morgan fingerprint density at radius 2 is 2.15 bits per heavy atom. The number of carbonyl (C=O) groups is 2. The molecule has 0 radical (unpaired) electrons. The van der Waals surface area contributed by atoms with Crippen molar-refractivity contribution in [2.45, 2.75) is 49.9 Å². The minimum atomic E-state index is -0.408. The van der Waals surface area contributed by atoms with Gasteiger partial charge in [0.25, 0.3) is 0 Å². The molecule has 1 aliphatic carbocycles. The zero-order valence-corrected chi connectivity index (χ0v) is 16.6. The smallest absolute Gasteiger partial charge is 0.341 e. The summed E-state index contributed by atoms with van der Waals surface area (Å²) in [6.45, 7) is 3.87. The van der Waals surface area contributed by atoms with Gasteiger partial charge in [0, 0.05) is 11.9 Å². The molecule has 0 fully saturated rings. The number of esters is 1. The molecule has 0 bridgehead atoms. The van der Waals surface area contributed by atoms with Crippen molar-refractivity contribution < 1.29 is 14.3 Å². The zero-order valence-electron chi connectivity index (χ0n) is 14.9. The minimum Gasteiger partial charge on any atom is -0.462 e. The van der Waals surface area contributed by atoms with Gasteiger partial charge in [0.05, 0.1) is 17.4 Å². The number of hydrogen-bond donors (Lipinski definition) is 1. The summed E-state index contributed by atoms with van der Waals surface area (Å²) in [6.07, 6.45) is 3.95. The molecule has 0 saturated heterocycles. The number of rotatable bonds is 6. The van der Waals surface area contributed by atoms with Crippen LogP contribution >= 0.6 is 23.1 Å². The van der Waals surface area contributed by atoms with Crippen molar-refractivity contribution in [2.75, 3.05) is 11.9 Å². The fraction of sp³-hybridized carbons (Fsp3) is 0.562. The molecular formula is C16H21N5O3S2. The lowest BCUT2D eigenvalue weighted by molar-refractivity contribution is -0.115. The normalized spacial score (nSPS) is 14.6. The molecule has 1 amide bonds. The maximum Gasteiger partial charge on any atom is 0.341 e. The van der Waals surface area contributed by atoms with Crippen molar-refractivity contribution in [3.05, 3.63) is 16.0 Å². The van der Waals surface area contributed by atoms with Crippen LogP contribution in [0.5, 0.6) is 0 Å². The first-order valence-electron chi connectivity index (χ1n) is 8.52. The molecule has 3 rings (SSSR count). The molecule has 2 heterocycles. The van der Waals surface area contributed by atoms with Gasteiger partial charge < -0.3 is 10.1 Å². The number of tetrazole rings is 1. The Labute approximate surface area is 159 Å². The van der Waals surface area contributed by atoms with Crippen molar-refractivity contribution in [3.8, 4) is 0 Å². The van der Waals surface area contributed by atoms with Crippen LogP contribution in [-0.2, 0) is 29.4 Å². The number of fused-ring (bicyclic) bond motifs is 1. The van der Waals surface area contributed by atoms with Gasteiger partial charge in [0.15, 0.2) is 0 Å². The number of thioether (sulfide) groups is 1. The van der Waals surface area contributed by atoms with Crippen molar-refractivity contribution >= 4 is 40.0 Å². The highest BCUT2D eigenvalue weighted by atomic mass is 32.2. The number of nitrogens with one attached hydrogen (secondary N) is 1. The molecule has 0 aromatic carbocycles. The van der Waals surface area contributed by atoms with Crippen LogP contribution in [0.3, 0.4) is 0 Å². The van der Waals surface area contributed by atoms with Crippen LogP contribution in [0.4, 0.5) is 5.00 Å². The number of thiophene rings is 1. The Morgan fingerprint density at radius 1 is 1.38 bits per heavy atom. The largest absolute Gasteiger partial charge is 0.462 e. The van der Waals surface area contributed by atoms with Crippen LogP contribution in [0.1, 0.15) is 47.5 Å². The van der Waals surface area contributed by atoms with E-state index in [0.717, 1.165) is 31.2 Å². The van der Waals surface area contributed by atoms with E-state index in [1.807, 2.05) is 0 Å². The second-order valence-corrected chi connectivity index (χ2v) is 8.38. The van der Waals surface area contributed by atoms with Crippen molar-refractivity contribution in [3.63, 3.8) is 0 Å². The van der Waals surface area contributed by atoms with Gasteiger partial charge in [-0.3, -0.25) is 4.79 Å². The predicted molar refractivity (Wildman–Crippen MR) is 99.7 cm³/mol. The Kier molecular flexibility index (Phi) is 5.92. The van der Waals surface area contributed by atoms with Gasteiger partial charge >= 0.3 is 5.97 Å². The number of aromatic nitrogens is 4. The third-order valence-electron chi connectivity index (χ3n) is 4.12. The van der Waals surface area contributed by atoms with Crippen LogP contribution in [0.25, 0.3) is 0 Å². The number of amides is 1. The van der Waals surface area contributed by atoms with Gasteiger partial charge in [-0.25, -0.2) is 9.48 Å². The SMILES string of the molecule is CCOC(=O)c1c(NC(=O)[C@H](C)Sc2nnnn2C)sc2c1CCCC2. The summed E-state index contributed by atoms with van der Waals surface area (Å²) in [6, 6.07) is 0. The van der Waals surface area contributed by atoms with Crippen LogP contribution in [0, 0.1) is 0 Å². The molecule has 10 heteroatoms. The molecule has 0 spiro atoms. The van der Waals surface area contributed by atoms with Gasteiger partial charge in [-0.1, -0.05) is 11.8 Å². The number of hydrogen-bond acceptors (Lipinski definition) is 8. The van der Waals surface area contributed by atoms with E-state index >= 15 is 0 Å². The van der Waals surface area contributed by atoms with E-state index in [0.29, 0.717) is 22.3 Å². The Balaban J connectivity index is 1.80. The zero-order chi connectivity index (χ0) is 18.7. The highest BCUT2D eigenvalue weighted by molar-refractivity contribution is 8.00. The number of nitrogens with zero attached hydrogens (tertiary/aromatic N) is 4. The summed E-state index contributed by atoms with van der Waals surface area (Å²) in [4.78, 5) is 26.3. The number of anilines is 1. The van der Waals surface area contributed by atoms with Crippen LogP contribution in [-0.4, -0.2) is 43.9 Å². The second kappa shape index (κ2) is 8.17. The molecule has 2 aromatic heterocycles. The molecule has 8 nitrogen and oxygen atoms in total. The maximum atomic E-state index is 12.6. The number of aryl methyl sites for hydroxylation is 2. The molecule has 0 saturated carbocycles. The van der Waals surface area contributed by atoms with E-state index in [1.54, 1.807) is 20.9 Å². The van der Waals surface area contributed by atoms with E-state index in [9.17, 15) is 9.59 Å². The highest BCUT2D eigenvalue weighted by Crippen LogP contribution is 2.39. The Bertz CT molecular complexity index is 817. The molecule has 0 aliphatic heterocycles. The van der Waals surface area contributed by atoms with Gasteiger partial charge in [-0.15, -0.1) is 16.4 Å². The summed E-state index contributed by atoms with van der Waals surface area (Å²) < 4.78 is 6.73. The lowest BCUT2D eigenvalue weighted by atomic mass is 9.95. The average Bonchev–Trinajstić information content (AvgIpc) is 3.18. The summed E-state index contributed by atoms with van der Waals surface area (Å²) in [7, 11) is 1.72. The molecule has 26 heavy (non-hydrogen) atoms. The molecule has 140 valence electrons. The van der Waals surface area contributed by atoms with Crippen LogP contribution < -0.4 is 5.32 Å². The monoisotopic (exact) mass is 395 g/mol. The first-order valence-corrected chi connectivity index (χ1v) is 10.2. The maximum absolute atomic E-state index is 12.6. The Morgan fingerprint density at radius 3 is 2.85 bits per heavy atom. The first kappa shape index (κ1) is 18.8. The number of carbonyl (C=O) groups excluding carboxylic acids is 2. The van der Waals surface area contributed by atoms with Crippen molar-refractivity contribution in [1.82, 2.24) is 20.2 Å². The van der Waals surface area contributed by atoms with Gasteiger partial charge in [0.2, 0.25) is 11.1 Å². The summed E-state index contributed by atoms with van der Waals surface area (Å²) in [5.41, 5.74) is 1.56. The second-order valence-electron chi connectivity index (χ2n) is 5.97. The molecule has 2 aromatic rings. The fourth-order valence-corrected chi connectivity index (χ4v) is 4.85. The summed E-state index contributed by atoms with van der Waals surface area (Å²) in [5.74, 6) is -0.554. The van der Waals surface area contributed by atoms with E-state index < -0.39 is 5.25 Å². The van der Waals surface area contributed by atoms with Crippen molar-refractivity contribution in [2.24, 2.45) is 7.05 Å². The van der Waals surface area contributed by atoms with Gasteiger partial charge in [-0.05, 0) is 55.5 Å². The van der Waals surface area contributed by atoms with Crippen LogP contribution in [0.2, 0.25) is 0 Å². The van der Waals surface area contributed by atoms with E-state index in [2.05, 4.69) is 20.8 Å². The molecule has 1 atom stereocenters.